The van der Waals surface area contributed by atoms with Crippen LogP contribution in [0.5, 0.6) is 5.75 Å². The Labute approximate surface area is 181 Å². The van der Waals surface area contributed by atoms with Gasteiger partial charge in [-0.3, -0.25) is 0 Å². The summed E-state index contributed by atoms with van der Waals surface area (Å²) in [5, 5.41) is 1.40. The molecule has 1 unspecified atom stereocenters. The standard InChI is InChI=1S/C27H31NOSi/c1-7-15-29-26-20(3)16-19(2)17-25(26)30(5,6)27-21(4)18-24-23(27)13-14-28(24)22-11-9-8-10-12-22/h7-14,16-18,27H,1,15H2,2-6H3. The molecule has 3 heteroatoms. The van der Waals surface area contributed by atoms with Crippen LogP contribution in [0.2, 0.25) is 13.1 Å². The zero-order chi connectivity index (χ0) is 21.5. The lowest BCUT2D eigenvalue weighted by molar-refractivity contribution is 0.363. The second-order valence-electron chi connectivity index (χ2n) is 8.96. The molecule has 0 N–H and O–H groups in total. The van der Waals surface area contributed by atoms with Gasteiger partial charge in [-0.15, -0.1) is 0 Å². The maximum absolute atomic E-state index is 6.21. The lowest BCUT2D eigenvalue weighted by Crippen LogP contribution is -2.48. The number of aromatic nitrogens is 1. The van der Waals surface area contributed by atoms with Crippen LogP contribution in [-0.2, 0) is 0 Å². The number of hydrogen-bond donors (Lipinski definition) is 0. The van der Waals surface area contributed by atoms with Gasteiger partial charge >= 0.3 is 0 Å². The van der Waals surface area contributed by atoms with Crippen molar-refractivity contribution in [2.45, 2.75) is 39.4 Å². The summed E-state index contributed by atoms with van der Waals surface area (Å²) in [7, 11) is -1.95. The lowest BCUT2D eigenvalue weighted by atomic mass is 10.1. The van der Waals surface area contributed by atoms with Crippen molar-refractivity contribution in [3.8, 4) is 11.4 Å². The number of aryl methyl sites for hydroxylation is 2. The van der Waals surface area contributed by atoms with Gasteiger partial charge < -0.3 is 9.30 Å². The Balaban J connectivity index is 1.82. The van der Waals surface area contributed by atoms with E-state index in [1.54, 1.807) is 0 Å². The highest BCUT2D eigenvalue weighted by molar-refractivity contribution is 6.92. The quantitative estimate of drug-likeness (QED) is 0.341. The average molecular weight is 414 g/mol. The van der Waals surface area contributed by atoms with Crippen molar-refractivity contribution >= 4 is 19.3 Å². The third-order valence-electron chi connectivity index (χ3n) is 6.30. The second-order valence-corrected chi connectivity index (χ2v) is 13.5. The van der Waals surface area contributed by atoms with Gasteiger partial charge in [0.1, 0.15) is 12.4 Å². The van der Waals surface area contributed by atoms with Gasteiger partial charge in [0.05, 0.1) is 8.07 Å². The van der Waals surface area contributed by atoms with E-state index in [-0.39, 0.29) is 0 Å². The third kappa shape index (κ3) is 3.37. The van der Waals surface area contributed by atoms with Gasteiger partial charge in [0.2, 0.25) is 0 Å². The molecule has 0 radical (unpaired) electrons. The van der Waals surface area contributed by atoms with Gasteiger partial charge in [-0.1, -0.05) is 67.2 Å². The molecular formula is C27H31NOSi. The lowest BCUT2D eigenvalue weighted by Gasteiger charge is -2.34. The van der Waals surface area contributed by atoms with Gasteiger partial charge in [-0.25, -0.2) is 0 Å². The highest BCUT2D eigenvalue weighted by atomic mass is 28.3. The predicted molar refractivity (Wildman–Crippen MR) is 131 cm³/mol. The van der Waals surface area contributed by atoms with Crippen LogP contribution in [0, 0.1) is 13.8 Å². The average Bonchev–Trinajstić information content (AvgIpc) is 3.25. The zero-order valence-electron chi connectivity index (χ0n) is 18.7. The third-order valence-corrected chi connectivity index (χ3v) is 10.3. The first-order valence-corrected chi connectivity index (χ1v) is 13.7. The largest absolute Gasteiger partial charge is 0.489 e. The van der Waals surface area contributed by atoms with Crippen molar-refractivity contribution in [1.29, 1.82) is 0 Å². The van der Waals surface area contributed by atoms with E-state index in [1.165, 1.54) is 38.8 Å². The Kier molecular flexibility index (Phi) is 5.33. The first kappa shape index (κ1) is 20.5. The van der Waals surface area contributed by atoms with Crippen molar-refractivity contribution in [3.05, 3.63) is 95.3 Å². The molecule has 3 aromatic rings. The maximum Gasteiger partial charge on any atom is 0.121 e. The Bertz CT molecular complexity index is 1120. The molecule has 2 nitrogen and oxygen atoms in total. The number of para-hydroxylation sites is 1. The SMILES string of the molecule is C=CCOc1c(C)cc(C)cc1[Si](C)(C)C1C(C)=Cc2c1ccn2-c1ccccc1. The molecule has 0 fully saturated rings. The summed E-state index contributed by atoms with van der Waals surface area (Å²) in [6.45, 7) is 16.0. The van der Waals surface area contributed by atoms with E-state index < -0.39 is 8.07 Å². The van der Waals surface area contributed by atoms with E-state index in [9.17, 15) is 0 Å². The molecule has 1 heterocycles. The monoisotopic (exact) mass is 413 g/mol. The summed E-state index contributed by atoms with van der Waals surface area (Å²) < 4.78 is 8.53. The van der Waals surface area contributed by atoms with Crippen molar-refractivity contribution in [1.82, 2.24) is 4.57 Å². The van der Waals surface area contributed by atoms with Gasteiger partial charge in [0.15, 0.2) is 0 Å². The minimum atomic E-state index is -1.95. The Morgan fingerprint density at radius 1 is 1.07 bits per heavy atom. The normalized spacial score (nSPS) is 15.6. The van der Waals surface area contributed by atoms with Crippen LogP contribution in [0.15, 0.2) is 73.0 Å². The van der Waals surface area contributed by atoms with Crippen molar-refractivity contribution in [2.75, 3.05) is 6.61 Å². The maximum atomic E-state index is 6.21. The number of rotatable bonds is 6. The second kappa shape index (κ2) is 7.80. The molecule has 1 aliphatic rings. The zero-order valence-corrected chi connectivity index (χ0v) is 19.7. The van der Waals surface area contributed by atoms with Crippen LogP contribution in [0.3, 0.4) is 0 Å². The van der Waals surface area contributed by atoms with Gasteiger partial charge in [-0.2, -0.15) is 0 Å². The van der Waals surface area contributed by atoms with E-state index in [2.05, 4.69) is 106 Å². The summed E-state index contributed by atoms with van der Waals surface area (Å²) >= 11 is 0. The van der Waals surface area contributed by atoms with Crippen molar-refractivity contribution in [3.63, 3.8) is 0 Å². The van der Waals surface area contributed by atoms with E-state index in [0.717, 1.165) is 5.75 Å². The molecule has 1 aromatic heterocycles. The molecule has 0 saturated carbocycles. The molecular weight excluding hydrogens is 382 g/mol. The molecule has 30 heavy (non-hydrogen) atoms. The Morgan fingerprint density at radius 3 is 2.50 bits per heavy atom. The number of hydrogen-bond acceptors (Lipinski definition) is 1. The van der Waals surface area contributed by atoms with Gasteiger partial charge in [0.25, 0.3) is 0 Å². The molecule has 0 saturated heterocycles. The number of ether oxygens (including phenoxy) is 1. The fourth-order valence-corrected chi connectivity index (χ4v) is 9.10. The Morgan fingerprint density at radius 2 is 1.80 bits per heavy atom. The van der Waals surface area contributed by atoms with Crippen molar-refractivity contribution < 1.29 is 4.74 Å². The molecule has 1 aliphatic carbocycles. The van der Waals surface area contributed by atoms with E-state index in [0.29, 0.717) is 12.1 Å². The summed E-state index contributed by atoms with van der Waals surface area (Å²) in [6.07, 6.45) is 6.43. The molecule has 0 aliphatic heterocycles. The van der Waals surface area contributed by atoms with Crippen LogP contribution in [0.25, 0.3) is 11.8 Å². The number of benzene rings is 2. The summed E-state index contributed by atoms with van der Waals surface area (Å²) in [5.74, 6) is 1.06. The molecule has 0 amide bonds. The van der Waals surface area contributed by atoms with Gasteiger partial charge in [0, 0.05) is 23.1 Å². The molecule has 0 spiro atoms. The highest BCUT2D eigenvalue weighted by Crippen LogP contribution is 2.44. The molecule has 2 aromatic carbocycles. The first-order valence-electron chi connectivity index (χ1n) is 10.6. The van der Waals surface area contributed by atoms with Crippen LogP contribution in [0.1, 0.15) is 34.8 Å². The van der Waals surface area contributed by atoms with Crippen LogP contribution in [0.4, 0.5) is 0 Å². The summed E-state index contributed by atoms with van der Waals surface area (Å²) in [4.78, 5) is 0. The fraction of sp³-hybridized carbons (Fsp3) is 0.259. The summed E-state index contributed by atoms with van der Waals surface area (Å²) in [5.41, 5.74) is 8.39. The number of fused-ring (bicyclic) bond motifs is 1. The van der Waals surface area contributed by atoms with E-state index in [4.69, 9.17) is 4.74 Å². The smallest absolute Gasteiger partial charge is 0.121 e. The fourth-order valence-electron chi connectivity index (χ4n) is 5.09. The molecule has 154 valence electrons. The van der Waals surface area contributed by atoms with E-state index >= 15 is 0 Å². The number of nitrogens with zero attached hydrogens (tertiary/aromatic N) is 1. The van der Waals surface area contributed by atoms with Gasteiger partial charge in [-0.05, 0) is 61.4 Å². The molecule has 4 rings (SSSR count). The van der Waals surface area contributed by atoms with E-state index in [1.807, 2.05) is 6.08 Å². The van der Waals surface area contributed by atoms with Crippen LogP contribution in [-0.4, -0.2) is 19.2 Å². The summed E-state index contributed by atoms with van der Waals surface area (Å²) in [6, 6.07) is 17.5. The van der Waals surface area contributed by atoms with Crippen molar-refractivity contribution in [2.24, 2.45) is 0 Å². The number of allylic oxidation sites excluding steroid dienone is 1. The first-order chi connectivity index (χ1) is 14.3. The highest BCUT2D eigenvalue weighted by Gasteiger charge is 2.42. The topological polar surface area (TPSA) is 14.2 Å². The van der Waals surface area contributed by atoms with Crippen LogP contribution < -0.4 is 9.92 Å². The Hall–Kier alpha value is -2.78. The molecule has 1 atom stereocenters. The van der Waals surface area contributed by atoms with Crippen LogP contribution >= 0.6 is 0 Å². The predicted octanol–water partition coefficient (Wildman–Crippen LogP) is 6.31. The minimum Gasteiger partial charge on any atom is -0.489 e. The minimum absolute atomic E-state index is 0.435. The molecule has 0 bridgehead atoms.